The molecule has 0 aliphatic heterocycles. The molecule has 8 heteroatoms. The van der Waals surface area contributed by atoms with Crippen LogP contribution in [0.15, 0.2) is 71.6 Å². The Morgan fingerprint density at radius 2 is 1.67 bits per heavy atom. The van der Waals surface area contributed by atoms with Gasteiger partial charge in [0.25, 0.3) is 0 Å². The van der Waals surface area contributed by atoms with Gasteiger partial charge in [-0.2, -0.15) is 0 Å². The van der Waals surface area contributed by atoms with Gasteiger partial charge in [0.05, 0.1) is 19.5 Å². The molecule has 172 valence electrons. The van der Waals surface area contributed by atoms with Gasteiger partial charge >= 0.3 is 0 Å². The van der Waals surface area contributed by atoms with Crippen molar-refractivity contribution in [2.75, 3.05) is 13.7 Å². The quantitative estimate of drug-likeness (QED) is 0.254. The van der Waals surface area contributed by atoms with Crippen molar-refractivity contribution in [1.82, 2.24) is 0 Å². The Morgan fingerprint density at radius 3 is 2.30 bits per heavy atom. The number of Topliss-reactive ketones (excluding diaryl/α,β-unsaturated/α-hetero) is 1. The summed E-state index contributed by atoms with van der Waals surface area (Å²) in [6, 6.07) is 17.6. The first-order valence-corrected chi connectivity index (χ1v) is 12.4. The molecule has 3 aromatic rings. The molecular weight excluding hydrogens is 483 g/mol. The second-order valence-corrected chi connectivity index (χ2v) is 9.84. The number of carbonyl (C=O) groups is 1. The fourth-order valence-electron chi connectivity index (χ4n) is 3.14. The SMILES string of the molecule is CCOc1ccc(/C=C(/C(=O)c2ccc(Cl)cc2)S(=O)(=O)Cc2ccccc2Cl)cc1OC. The summed E-state index contributed by atoms with van der Waals surface area (Å²) >= 11 is 12.1. The number of ketones is 1. The molecule has 0 aromatic heterocycles. The molecule has 0 N–H and O–H groups in total. The summed E-state index contributed by atoms with van der Waals surface area (Å²) in [5, 5.41) is 0.745. The minimum atomic E-state index is -4.07. The maximum absolute atomic E-state index is 13.4. The van der Waals surface area contributed by atoms with Crippen LogP contribution in [0.4, 0.5) is 0 Å². The van der Waals surface area contributed by atoms with Gasteiger partial charge in [0, 0.05) is 15.6 Å². The van der Waals surface area contributed by atoms with E-state index in [1.807, 2.05) is 6.92 Å². The van der Waals surface area contributed by atoms with Crippen LogP contribution in [-0.2, 0) is 15.6 Å². The minimum absolute atomic E-state index is 0.200. The lowest BCUT2D eigenvalue weighted by Crippen LogP contribution is -2.16. The number of methoxy groups -OCH3 is 1. The summed E-state index contributed by atoms with van der Waals surface area (Å²) < 4.78 is 37.7. The lowest BCUT2D eigenvalue weighted by molar-refractivity contribution is 0.104. The van der Waals surface area contributed by atoms with E-state index in [-0.39, 0.29) is 10.5 Å². The van der Waals surface area contributed by atoms with E-state index in [2.05, 4.69) is 0 Å². The van der Waals surface area contributed by atoms with Gasteiger partial charge in [0.2, 0.25) is 5.78 Å². The van der Waals surface area contributed by atoms with E-state index in [0.29, 0.717) is 39.3 Å². The van der Waals surface area contributed by atoms with Crippen LogP contribution in [-0.4, -0.2) is 27.9 Å². The van der Waals surface area contributed by atoms with E-state index >= 15 is 0 Å². The standard InChI is InChI=1S/C25H22Cl2O5S/c1-3-32-22-13-8-17(14-23(22)31-2)15-24(25(28)18-9-11-20(26)12-10-18)33(29,30)16-19-6-4-5-7-21(19)27/h4-15H,3,16H2,1-2H3/b24-15-. The van der Waals surface area contributed by atoms with Gasteiger partial charge in [0.15, 0.2) is 21.3 Å². The molecule has 0 aliphatic rings. The van der Waals surface area contributed by atoms with Crippen LogP contribution in [0.1, 0.15) is 28.4 Å². The highest BCUT2D eigenvalue weighted by Crippen LogP contribution is 2.31. The minimum Gasteiger partial charge on any atom is -0.493 e. The smallest absolute Gasteiger partial charge is 0.204 e. The van der Waals surface area contributed by atoms with Gasteiger partial charge in [-0.25, -0.2) is 8.42 Å². The maximum atomic E-state index is 13.4. The summed E-state index contributed by atoms with van der Waals surface area (Å²) in [4.78, 5) is 13.0. The van der Waals surface area contributed by atoms with Crippen molar-refractivity contribution < 1.29 is 22.7 Å². The summed E-state index contributed by atoms with van der Waals surface area (Å²) in [6.45, 7) is 2.29. The Bertz CT molecular complexity index is 1280. The maximum Gasteiger partial charge on any atom is 0.204 e. The molecule has 0 heterocycles. The molecule has 0 fully saturated rings. The van der Waals surface area contributed by atoms with Crippen molar-refractivity contribution in [3.05, 3.63) is 98.4 Å². The van der Waals surface area contributed by atoms with Gasteiger partial charge in [-0.15, -0.1) is 0 Å². The van der Waals surface area contributed by atoms with Crippen LogP contribution in [0.3, 0.4) is 0 Å². The molecule has 5 nitrogen and oxygen atoms in total. The topological polar surface area (TPSA) is 69.7 Å². The van der Waals surface area contributed by atoms with Gasteiger partial charge in [-0.05, 0) is 66.6 Å². The summed E-state index contributed by atoms with van der Waals surface area (Å²) in [5.74, 6) is -0.132. The highest BCUT2D eigenvalue weighted by atomic mass is 35.5. The highest BCUT2D eigenvalue weighted by Gasteiger charge is 2.27. The summed E-state index contributed by atoms with van der Waals surface area (Å²) in [7, 11) is -2.59. The first-order chi connectivity index (χ1) is 15.7. The van der Waals surface area contributed by atoms with E-state index in [0.717, 1.165) is 0 Å². The molecule has 0 radical (unpaired) electrons. The van der Waals surface area contributed by atoms with Crippen LogP contribution in [0.5, 0.6) is 11.5 Å². The lowest BCUT2D eigenvalue weighted by Gasteiger charge is -2.12. The number of allylic oxidation sites excluding steroid dienone is 1. The van der Waals surface area contributed by atoms with Crippen molar-refractivity contribution >= 4 is 44.9 Å². The molecule has 0 amide bonds. The van der Waals surface area contributed by atoms with Gasteiger partial charge in [-0.1, -0.05) is 47.5 Å². The number of ether oxygens (including phenoxy) is 2. The van der Waals surface area contributed by atoms with E-state index in [1.165, 1.54) is 37.5 Å². The van der Waals surface area contributed by atoms with E-state index in [9.17, 15) is 13.2 Å². The van der Waals surface area contributed by atoms with Gasteiger partial charge in [-0.3, -0.25) is 4.79 Å². The predicted octanol–water partition coefficient (Wildman–Crippen LogP) is 6.24. The second-order valence-electron chi connectivity index (χ2n) is 7.04. The van der Waals surface area contributed by atoms with Crippen molar-refractivity contribution in [2.24, 2.45) is 0 Å². The Hall–Kier alpha value is -2.80. The van der Waals surface area contributed by atoms with Crippen LogP contribution in [0.25, 0.3) is 6.08 Å². The van der Waals surface area contributed by atoms with Crippen molar-refractivity contribution in [1.29, 1.82) is 0 Å². The fraction of sp³-hybridized carbons (Fsp3) is 0.160. The van der Waals surface area contributed by atoms with Crippen LogP contribution in [0.2, 0.25) is 10.0 Å². The molecule has 3 rings (SSSR count). The molecule has 0 atom stereocenters. The third kappa shape index (κ3) is 6.16. The number of sulfone groups is 1. The number of halogens is 2. The normalized spacial score (nSPS) is 11.8. The van der Waals surface area contributed by atoms with Crippen LogP contribution < -0.4 is 9.47 Å². The molecule has 0 saturated carbocycles. The average molecular weight is 505 g/mol. The number of rotatable bonds is 9. The average Bonchev–Trinajstić information content (AvgIpc) is 2.79. The molecule has 33 heavy (non-hydrogen) atoms. The number of hydrogen-bond donors (Lipinski definition) is 0. The Kier molecular flexibility index (Phi) is 8.19. The number of carbonyl (C=O) groups excluding carboxylic acids is 1. The molecule has 0 bridgehead atoms. The van der Waals surface area contributed by atoms with Crippen molar-refractivity contribution in [3.63, 3.8) is 0 Å². The summed E-state index contributed by atoms with van der Waals surface area (Å²) in [5.41, 5.74) is 1.07. The van der Waals surface area contributed by atoms with E-state index < -0.39 is 21.4 Å². The zero-order valence-corrected chi connectivity index (χ0v) is 20.4. The van der Waals surface area contributed by atoms with Crippen molar-refractivity contribution in [2.45, 2.75) is 12.7 Å². The molecule has 0 unspecified atom stereocenters. The Morgan fingerprint density at radius 1 is 0.970 bits per heavy atom. The molecule has 0 saturated heterocycles. The number of hydrogen-bond acceptors (Lipinski definition) is 5. The van der Waals surface area contributed by atoms with Crippen molar-refractivity contribution in [3.8, 4) is 11.5 Å². The van der Waals surface area contributed by atoms with E-state index in [1.54, 1.807) is 42.5 Å². The highest BCUT2D eigenvalue weighted by molar-refractivity contribution is 7.95. The summed E-state index contributed by atoms with van der Waals surface area (Å²) in [6.07, 6.45) is 1.33. The van der Waals surface area contributed by atoms with Gasteiger partial charge in [0.1, 0.15) is 4.91 Å². The first-order valence-electron chi connectivity index (χ1n) is 10.0. The number of benzene rings is 3. The zero-order chi connectivity index (χ0) is 24.0. The third-order valence-corrected chi connectivity index (χ3v) is 7.04. The van der Waals surface area contributed by atoms with Gasteiger partial charge < -0.3 is 9.47 Å². The van der Waals surface area contributed by atoms with E-state index in [4.69, 9.17) is 32.7 Å². The Labute approximate surface area is 203 Å². The van der Waals surface area contributed by atoms with Crippen LogP contribution >= 0.6 is 23.2 Å². The molecule has 0 aliphatic carbocycles. The predicted molar refractivity (Wildman–Crippen MR) is 132 cm³/mol. The van der Waals surface area contributed by atoms with Crippen LogP contribution in [0, 0.1) is 0 Å². The largest absolute Gasteiger partial charge is 0.493 e. The zero-order valence-electron chi connectivity index (χ0n) is 18.0. The first kappa shape index (κ1) is 24.8. The third-order valence-electron chi connectivity index (χ3n) is 4.75. The molecular formula is C25H22Cl2O5S. The Balaban J connectivity index is 2.11. The monoisotopic (exact) mass is 504 g/mol. The molecule has 3 aromatic carbocycles. The lowest BCUT2D eigenvalue weighted by atomic mass is 10.1. The molecule has 0 spiro atoms. The second kappa shape index (κ2) is 10.9. The fourth-order valence-corrected chi connectivity index (χ4v) is 5.08.